The van der Waals surface area contributed by atoms with Crippen LogP contribution in [0.4, 0.5) is 5.69 Å². The Balaban J connectivity index is 2.98. The number of anilines is 1. The molecule has 0 unspecified atom stereocenters. The van der Waals surface area contributed by atoms with Gasteiger partial charge in [-0.05, 0) is 39.1 Å². The lowest BCUT2D eigenvalue weighted by atomic mass is 10.0. The summed E-state index contributed by atoms with van der Waals surface area (Å²) < 4.78 is 0. The molecule has 1 aromatic carbocycles. The lowest BCUT2D eigenvalue weighted by Crippen LogP contribution is -2.47. The van der Waals surface area contributed by atoms with Crippen molar-refractivity contribution < 1.29 is 9.59 Å². The van der Waals surface area contributed by atoms with E-state index in [1.54, 1.807) is 39.1 Å². The van der Waals surface area contributed by atoms with Crippen molar-refractivity contribution in [3.05, 3.63) is 28.8 Å². The number of likely N-dealkylation sites (N-methyl/N-ethyl adjacent to an activating group) is 1. The van der Waals surface area contributed by atoms with Gasteiger partial charge < -0.3 is 16.0 Å². The van der Waals surface area contributed by atoms with Gasteiger partial charge in [0.25, 0.3) is 5.91 Å². The third-order valence-corrected chi connectivity index (χ3v) is 3.22. The summed E-state index contributed by atoms with van der Waals surface area (Å²) in [6, 6.07) is 4.78. The van der Waals surface area contributed by atoms with Gasteiger partial charge in [0.1, 0.15) is 0 Å². The second-order valence-electron chi connectivity index (χ2n) is 4.60. The summed E-state index contributed by atoms with van der Waals surface area (Å²) in [6.07, 6.45) is 0. The van der Waals surface area contributed by atoms with E-state index in [4.69, 9.17) is 11.6 Å². The molecule has 6 heteroatoms. The molecule has 0 spiro atoms. The molecule has 5 nitrogen and oxygen atoms in total. The van der Waals surface area contributed by atoms with Gasteiger partial charge in [0, 0.05) is 12.7 Å². The molecule has 0 saturated carbocycles. The van der Waals surface area contributed by atoms with Crippen LogP contribution in [0.25, 0.3) is 0 Å². The second kappa shape index (κ2) is 6.04. The molecular weight excluding hydrogens is 266 g/mol. The van der Waals surface area contributed by atoms with E-state index in [0.717, 1.165) is 0 Å². The monoisotopic (exact) mass is 283 g/mol. The van der Waals surface area contributed by atoms with Crippen LogP contribution in [0.3, 0.4) is 0 Å². The Morgan fingerprint density at radius 3 is 2.37 bits per heavy atom. The third kappa shape index (κ3) is 3.68. The molecule has 3 N–H and O–H groups in total. The Kier molecular flexibility index (Phi) is 4.91. The summed E-state index contributed by atoms with van der Waals surface area (Å²) in [7, 11) is 3.23. The summed E-state index contributed by atoms with van der Waals surface area (Å²) in [6.45, 7) is 3.52. The Morgan fingerprint density at radius 2 is 1.84 bits per heavy atom. The molecular formula is C13H18ClN3O2. The van der Waals surface area contributed by atoms with Crippen molar-refractivity contribution in [1.82, 2.24) is 10.6 Å². The van der Waals surface area contributed by atoms with E-state index in [9.17, 15) is 9.59 Å². The number of benzene rings is 1. The fraction of sp³-hybridized carbons (Fsp3) is 0.385. The largest absolute Gasteiger partial charge is 0.355 e. The number of hydrogen-bond donors (Lipinski definition) is 3. The van der Waals surface area contributed by atoms with E-state index < -0.39 is 5.54 Å². The Labute approximate surface area is 117 Å². The van der Waals surface area contributed by atoms with Crippen LogP contribution >= 0.6 is 11.6 Å². The highest BCUT2D eigenvalue weighted by atomic mass is 35.5. The molecule has 19 heavy (non-hydrogen) atoms. The average molecular weight is 284 g/mol. The molecule has 0 atom stereocenters. The highest BCUT2D eigenvalue weighted by Gasteiger charge is 2.25. The first-order chi connectivity index (χ1) is 8.81. The number of halogens is 1. The minimum absolute atomic E-state index is 0.194. The molecule has 2 amide bonds. The van der Waals surface area contributed by atoms with Crippen LogP contribution in [-0.4, -0.2) is 31.4 Å². The van der Waals surface area contributed by atoms with E-state index in [1.165, 1.54) is 7.05 Å². The summed E-state index contributed by atoms with van der Waals surface area (Å²) >= 11 is 5.94. The molecule has 0 saturated heterocycles. The first-order valence-corrected chi connectivity index (χ1v) is 6.21. The molecule has 0 aliphatic rings. The Bertz CT molecular complexity index is 501. The van der Waals surface area contributed by atoms with Crippen molar-refractivity contribution in [1.29, 1.82) is 0 Å². The van der Waals surface area contributed by atoms with Crippen LogP contribution in [0.15, 0.2) is 18.2 Å². The minimum Gasteiger partial charge on any atom is -0.355 e. The molecule has 1 rings (SSSR count). The van der Waals surface area contributed by atoms with Crippen LogP contribution in [0, 0.1) is 0 Å². The zero-order valence-corrected chi connectivity index (χ0v) is 12.2. The molecule has 104 valence electrons. The molecule has 0 bridgehead atoms. The van der Waals surface area contributed by atoms with E-state index in [2.05, 4.69) is 16.0 Å². The summed E-state index contributed by atoms with van der Waals surface area (Å²) in [4.78, 5) is 23.6. The second-order valence-corrected chi connectivity index (χ2v) is 5.01. The van der Waals surface area contributed by atoms with Crippen molar-refractivity contribution >= 4 is 29.1 Å². The maximum atomic E-state index is 12.0. The molecule has 0 heterocycles. The summed E-state index contributed by atoms with van der Waals surface area (Å²) in [5.74, 6) is -0.492. The lowest BCUT2D eigenvalue weighted by molar-refractivity contribution is -0.121. The zero-order valence-electron chi connectivity index (χ0n) is 11.4. The van der Waals surface area contributed by atoms with Crippen LogP contribution in [-0.2, 0) is 4.79 Å². The van der Waals surface area contributed by atoms with Crippen LogP contribution in [0.1, 0.15) is 24.2 Å². The van der Waals surface area contributed by atoms with Gasteiger partial charge in [-0.2, -0.15) is 0 Å². The van der Waals surface area contributed by atoms with Crippen molar-refractivity contribution in [2.45, 2.75) is 19.4 Å². The lowest BCUT2D eigenvalue weighted by Gasteiger charge is -2.22. The van der Waals surface area contributed by atoms with Crippen LogP contribution < -0.4 is 16.0 Å². The van der Waals surface area contributed by atoms with Gasteiger partial charge in [0.15, 0.2) is 0 Å². The molecule has 0 fully saturated rings. The molecule has 1 aromatic rings. The van der Waals surface area contributed by atoms with Crippen molar-refractivity contribution in [2.75, 3.05) is 19.4 Å². The maximum absolute atomic E-state index is 12.0. The van der Waals surface area contributed by atoms with Crippen LogP contribution in [0.5, 0.6) is 0 Å². The van der Waals surface area contributed by atoms with Gasteiger partial charge >= 0.3 is 0 Å². The van der Waals surface area contributed by atoms with Crippen molar-refractivity contribution in [3.63, 3.8) is 0 Å². The maximum Gasteiger partial charge on any atom is 0.252 e. The van der Waals surface area contributed by atoms with E-state index in [1.807, 2.05) is 0 Å². The number of nitrogens with one attached hydrogen (secondary N) is 3. The highest BCUT2D eigenvalue weighted by molar-refractivity contribution is 6.34. The number of hydrogen-bond acceptors (Lipinski definition) is 3. The van der Waals surface area contributed by atoms with E-state index >= 15 is 0 Å². The predicted molar refractivity (Wildman–Crippen MR) is 76.6 cm³/mol. The topological polar surface area (TPSA) is 70.2 Å². The highest BCUT2D eigenvalue weighted by Crippen LogP contribution is 2.21. The van der Waals surface area contributed by atoms with Gasteiger partial charge in [0.2, 0.25) is 5.91 Å². The zero-order chi connectivity index (χ0) is 14.6. The van der Waals surface area contributed by atoms with E-state index in [0.29, 0.717) is 16.3 Å². The first-order valence-electron chi connectivity index (χ1n) is 5.84. The van der Waals surface area contributed by atoms with Gasteiger partial charge in [0.05, 0.1) is 16.1 Å². The molecule has 0 aliphatic heterocycles. The normalized spacial score (nSPS) is 11.0. The number of carbonyl (C=O) groups excluding carboxylic acids is 2. The van der Waals surface area contributed by atoms with Gasteiger partial charge in [-0.1, -0.05) is 11.6 Å². The summed E-state index contributed by atoms with van der Waals surface area (Å²) in [5, 5.41) is 8.48. The molecule has 0 aromatic heterocycles. The quantitative estimate of drug-likeness (QED) is 0.787. The SMILES string of the molecule is CNC(=O)c1cc(NC(=O)C(C)(C)NC)ccc1Cl. The third-order valence-electron chi connectivity index (χ3n) is 2.89. The number of rotatable bonds is 4. The standard InChI is InChI=1S/C13H18ClN3O2/c1-13(2,16-4)12(19)17-8-5-6-10(14)9(7-8)11(18)15-3/h5-7,16H,1-4H3,(H,15,18)(H,17,19). The summed E-state index contributed by atoms with van der Waals surface area (Å²) in [5.41, 5.74) is 0.146. The minimum atomic E-state index is -0.702. The number of carbonyl (C=O) groups is 2. The number of amides is 2. The first kappa shape index (κ1) is 15.5. The fourth-order valence-electron chi connectivity index (χ4n) is 1.31. The van der Waals surface area contributed by atoms with Gasteiger partial charge in [-0.3, -0.25) is 9.59 Å². The van der Waals surface area contributed by atoms with Crippen LogP contribution in [0.2, 0.25) is 5.02 Å². The van der Waals surface area contributed by atoms with Gasteiger partial charge in [-0.25, -0.2) is 0 Å². The Hall–Kier alpha value is -1.59. The molecule has 0 aliphatic carbocycles. The van der Waals surface area contributed by atoms with Crippen molar-refractivity contribution in [3.8, 4) is 0 Å². The fourth-order valence-corrected chi connectivity index (χ4v) is 1.52. The molecule has 0 radical (unpaired) electrons. The smallest absolute Gasteiger partial charge is 0.252 e. The predicted octanol–water partition coefficient (Wildman–Crippen LogP) is 1.64. The van der Waals surface area contributed by atoms with E-state index in [-0.39, 0.29) is 11.8 Å². The van der Waals surface area contributed by atoms with Crippen molar-refractivity contribution in [2.24, 2.45) is 0 Å². The van der Waals surface area contributed by atoms with Gasteiger partial charge in [-0.15, -0.1) is 0 Å². The Morgan fingerprint density at radius 1 is 1.21 bits per heavy atom. The average Bonchev–Trinajstić information content (AvgIpc) is 2.39.